The Labute approximate surface area is 142 Å². The predicted octanol–water partition coefficient (Wildman–Crippen LogP) is 1.64. The van der Waals surface area contributed by atoms with E-state index in [1.807, 2.05) is 13.8 Å². The van der Waals surface area contributed by atoms with Crippen LogP contribution in [0.25, 0.3) is 0 Å². The Balaban J connectivity index is 2.07. The summed E-state index contributed by atoms with van der Waals surface area (Å²) in [5.74, 6) is 0.271. The molecule has 0 spiro atoms. The molecule has 130 valence electrons. The third-order valence-electron chi connectivity index (χ3n) is 3.85. The van der Waals surface area contributed by atoms with Crippen LogP contribution in [0.2, 0.25) is 0 Å². The van der Waals surface area contributed by atoms with Crippen LogP contribution in [-0.4, -0.2) is 43.8 Å². The molecule has 1 aliphatic rings. The minimum atomic E-state index is -3.49. The van der Waals surface area contributed by atoms with Gasteiger partial charge in [0.2, 0.25) is 0 Å². The van der Waals surface area contributed by atoms with Crippen LogP contribution in [0.4, 0.5) is 0 Å². The van der Waals surface area contributed by atoms with Gasteiger partial charge in [0.1, 0.15) is 4.21 Å². The highest BCUT2D eigenvalue weighted by Crippen LogP contribution is 2.28. The number of rotatable bonds is 5. The average Bonchev–Trinajstić information content (AvgIpc) is 2.95. The summed E-state index contributed by atoms with van der Waals surface area (Å²) in [5, 5.41) is 2.73. The highest BCUT2D eigenvalue weighted by molar-refractivity contribution is 7.91. The molecule has 1 amide bonds. The molecule has 1 saturated heterocycles. The van der Waals surface area contributed by atoms with Crippen molar-refractivity contribution in [3.05, 3.63) is 17.0 Å². The fourth-order valence-electron chi connectivity index (χ4n) is 2.33. The van der Waals surface area contributed by atoms with E-state index in [4.69, 9.17) is 5.73 Å². The van der Waals surface area contributed by atoms with E-state index in [1.54, 1.807) is 6.07 Å². The van der Waals surface area contributed by atoms with Crippen molar-refractivity contribution in [2.45, 2.75) is 43.4 Å². The van der Waals surface area contributed by atoms with E-state index in [0.29, 0.717) is 30.4 Å². The Morgan fingerprint density at radius 3 is 2.57 bits per heavy atom. The molecule has 0 saturated carbocycles. The zero-order chi connectivity index (χ0) is 17.3. The Bertz CT molecular complexity index is 654. The number of nitrogens with two attached hydrogens (primary N) is 1. The largest absolute Gasteiger partial charge is 0.350 e. The Hall–Kier alpha value is -0.960. The van der Waals surface area contributed by atoms with Crippen LogP contribution in [-0.2, 0) is 10.0 Å². The maximum absolute atomic E-state index is 12.6. The minimum absolute atomic E-state index is 0.226. The topological polar surface area (TPSA) is 92.5 Å². The molecular formula is C15H25N3O3S2. The number of nitrogens with zero attached hydrogens (tertiary/aromatic N) is 1. The summed E-state index contributed by atoms with van der Waals surface area (Å²) in [6.45, 7) is 7.19. The first-order valence-corrected chi connectivity index (χ1v) is 10.0. The summed E-state index contributed by atoms with van der Waals surface area (Å²) < 4.78 is 27.0. The molecule has 1 aromatic rings. The SMILES string of the molecule is CC1CCN(S(=O)(=O)c2ccc(C(=O)NCC(C)(C)N)s2)CC1. The van der Waals surface area contributed by atoms with E-state index in [-0.39, 0.29) is 10.1 Å². The third-order valence-corrected chi connectivity index (χ3v) is 7.30. The molecule has 2 heterocycles. The number of amides is 1. The molecule has 8 heteroatoms. The zero-order valence-electron chi connectivity index (χ0n) is 13.8. The summed E-state index contributed by atoms with van der Waals surface area (Å²) in [7, 11) is -3.49. The van der Waals surface area contributed by atoms with Gasteiger partial charge in [-0.2, -0.15) is 4.31 Å². The van der Waals surface area contributed by atoms with Crippen molar-refractivity contribution in [3.63, 3.8) is 0 Å². The Morgan fingerprint density at radius 1 is 1.39 bits per heavy atom. The lowest BCUT2D eigenvalue weighted by Gasteiger charge is -2.28. The summed E-state index contributed by atoms with van der Waals surface area (Å²) in [6, 6.07) is 3.07. The quantitative estimate of drug-likeness (QED) is 0.836. The summed E-state index contributed by atoms with van der Waals surface area (Å²) >= 11 is 1.01. The third kappa shape index (κ3) is 4.76. The van der Waals surface area contributed by atoms with Gasteiger partial charge in [-0.1, -0.05) is 6.92 Å². The van der Waals surface area contributed by atoms with E-state index in [9.17, 15) is 13.2 Å². The number of nitrogens with one attached hydrogen (secondary N) is 1. The van der Waals surface area contributed by atoms with E-state index >= 15 is 0 Å². The van der Waals surface area contributed by atoms with Crippen molar-refractivity contribution >= 4 is 27.3 Å². The standard InChI is InChI=1S/C15H25N3O3S2/c1-11-6-8-18(9-7-11)23(20,21)13-5-4-12(22-13)14(19)17-10-15(2,3)16/h4-5,11H,6-10,16H2,1-3H3,(H,17,19). The molecule has 0 aromatic carbocycles. The van der Waals surface area contributed by atoms with Crippen LogP contribution in [0.1, 0.15) is 43.3 Å². The van der Waals surface area contributed by atoms with E-state index < -0.39 is 15.6 Å². The fraction of sp³-hybridized carbons (Fsp3) is 0.667. The van der Waals surface area contributed by atoms with Crippen LogP contribution >= 0.6 is 11.3 Å². The normalized spacial score (nSPS) is 18.1. The van der Waals surface area contributed by atoms with Gasteiger partial charge < -0.3 is 11.1 Å². The summed E-state index contributed by atoms with van der Waals surface area (Å²) in [4.78, 5) is 12.5. The fourth-order valence-corrected chi connectivity index (χ4v) is 5.18. The molecule has 6 nitrogen and oxygen atoms in total. The second-order valence-electron chi connectivity index (χ2n) is 6.88. The first-order valence-electron chi connectivity index (χ1n) is 7.77. The average molecular weight is 360 g/mol. The molecule has 0 bridgehead atoms. The molecule has 3 N–H and O–H groups in total. The van der Waals surface area contributed by atoms with Gasteiger partial charge in [-0.15, -0.1) is 11.3 Å². The van der Waals surface area contributed by atoms with Crippen LogP contribution in [0.3, 0.4) is 0 Å². The van der Waals surface area contributed by atoms with Crippen molar-refractivity contribution in [2.75, 3.05) is 19.6 Å². The van der Waals surface area contributed by atoms with Crippen LogP contribution in [0.15, 0.2) is 16.3 Å². The molecule has 2 rings (SSSR count). The number of hydrogen-bond acceptors (Lipinski definition) is 5. The number of carbonyl (C=O) groups is 1. The van der Waals surface area contributed by atoms with E-state index in [1.165, 1.54) is 10.4 Å². The lowest BCUT2D eigenvalue weighted by molar-refractivity contribution is 0.0950. The van der Waals surface area contributed by atoms with Gasteiger partial charge in [0.05, 0.1) is 4.88 Å². The van der Waals surface area contributed by atoms with Gasteiger partial charge in [0.25, 0.3) is 15.9 Å². The monoisotopic (exact) mass is 359 g/mol. The molecule has 1 fully saturated rings. The molecular weight excluding hydrogens is 334 g/mol. The highest BCUT2D eigenvalue weighted by atomic mass is 32.2. The minimum Gasteiger partial charge on any atom is -0.350 e. The van der Waals surface area contributed by atoms with Crippen molar-refractivity contribution in [1.82, 2.24) is 9.62 Å². The van der Waals surface area contributed by atoms with Gasteiger partial charge in [-0.25, -0.2) is 8.42 Å². The molecule has 0 aliphatic carbocycles. The summed E-state index contributed by atoms with van der Waals surface area (Å²) in [6.07, 6.45) is 1.76. The van der Waals surface area contributed by atoms with E-state index in [2.05, 4.69) is 12.2 Å². The lowest BCUT2D eigenvalue weighted by atomic mass is 10.0. The predicted molar refractivity (Wildman–Crippen MR) is 92.1 cm³/mol. The number of hydrogen-bond donors (Lipinski definition) is 2. The second kappa shape index (κ2) is 6.88. The smallest absolute Gasteiger partial charge is 0.261 e. The lowest BCUT2D eigenvalue weighted by Crippen LogP contribution is -2.44. The maximum atomic E-state index is 12.6. The molecule has 0 atom stereocenters. The van der Waals surface area contributed by atoms with Gasteiger partial charge in [-0.05, 0) is 44.7 Å². The summed E-state index contributed by atoms with van der Waals surface area (Å²) in [5.41, 5.74) is 5.32. The van der Waals surface area contributed by atoms with Crippen molar-refractivity contribution < 1.29 is 13.2 Å². The van der Waals surface area contributed by atoms with Gasteiger partial charge >= 0.3 is 0 Å². The first-order chi connectivity index (χ1) is 10.6. The molecule has 0 radical (unpaired) electrons. The molecule has 1 aromatic heterocycles. The van der Waals surface area contributed by atoms with Crippen molar-refractivity contribution in [2.24, 2.45) is 11.7 Å². The second-order valence-corrected chi connectivity index (χ2v) is 10.1. The molecule has 23 heavy (non-hydrogen) atoms. The number of piperidine rings is 1. The van der Waals surface area contributed by atoms with Gasteiger partial charge in [0, 0.05) is 25.2 Å². The maximum Gasteiger partial charge on any atom is 0.261 e. The highest BCUT2D eigenvalue weighted by Gasteiger charge is 2.29. The Kier molecular flexibility index (Phi) is 5.50. The number of thiophene rings is 1. The zero-order valence-corrected chi connectivity index (χ0v) is 15.5. The first kappa shape index (κ1) is 18.4. The van der Waals surface area contributed by atoms with Gasteiger partial charge in [0.15, 0.2) is 0 Å². The molecule has 0 unspecified atom stereocenters. The van der Waals surface area contributed by atoms with Crippen LogP contribution < -0.4 is 11.1 Å². The van der Waals surface area contributed by atoms with Crippen molar-refractivity contribution in [1.29, 1.82) is 0 Å². The van der Waals surface area contributed by atoms with Gasteiger partial charge in [-0.3, -0.25) is 4.79 Å². The van der Waals surface area contributed by atoms with E-state index in [0.717, 1.165) is 24.2 Å². The van der Waals surface area contributed by atoms with Crippen molar-refractivity contribution in [3.8, 4) is 0 Å². The number of carbonyl (C=O) groups excluding carboxylic acids is 1. The Morgan fingerprint density at radius 2 is 2.00 bits per heavy atom. The van der Waals surface area contributed by atoms with Crippen LogP contribution in [0, 0.1) is 5.92 Å². The number of sulfonamides is 1. The molecule has 1 aliphatic heterocycles. The van der Waals surface area contributed by atoms with Crippen LogP contribution in [0.5, 0.6) is 0 Å².